The second-order valence-electron chi connectivity index (χ2n) is 4.16. The van der Waals surface area contributed by atoms with Gasteiger partial charge in [0.15, 0.2) is 6.10 Å². The zero-order valence-electron chi connectivity index (χ0n) is 9.59. The van der Waals surface area contributed by atoms with Crippen molar-refractivity contribution in [2.75, 3.05) is 11.9 Å². The number of amides is 1. The van der Waals surface area contributed by atoms with E-state index in [9.17, 15) is 9.59 Å². The molecule has 0 saturated heterocycles. The number of carboxylic acids is 1. The van der Waals surface area contributed by atoms with Crippen molar-refractivity contribution in [3.63, 3.8) is 0 Å². The van der Waals surface area contributed by atoms with E-state index in [-0.39, 0.29) is 12.5 Å². The highest BCUT2D eigenvalue weighted by atomic mass is 16.4. The van der Waals surface area contributed by atoms with E-state index in [0.29, 0.717) is 6.42 Å². The zero-order chi connectivity index (χ0) is 13.1. The van der Waals surface area contributed by atoms with Crippen molar-refractivity contribution in [2.45, 2.75) is 18.6 Å². The van der Waals surface area contributed by atoms with Gasteiger partial charge in [-0.2, -0.15) is 0 Å². The number of anilines is 1. The molecule has 0 radical (unpaired) electrons. The van der Waals surface area contributed by atoms with E-state index in [2.05, 4.69) is 10.6 Å². The number of nitrogens with one attached hydrogen (secondary N) is 2. The van der Waals surface area contributed by atoms with E-state index in [0.717, 1.165) is 11.3 Å². The number of fused-ring (bicyclic) bond motifs is 1. The SMILES string of the molecule is O=C(NC[C@H](O)C(=O)O)C1Cc2ccccc2N1. The summed E-state index contributed by atoms with van der Waals surface area (Å²) in [7, 11) is 0. The Hall–Kier alpha value is -2.08. The molecule has 0 fully saturated rings. The van der Waals surface area contributed by atoms with Gasteiger partial charge in [-0.25, -0.2) is 4.79 Å². The number of carbonyl (C=O) groups excluding carboxylic acids is 1. The number of hydrogen-bond donors (Lipinski definition) is 4. The fourth-order valence-electron chi connectivity index (χ4n) is 1.86. The van der Waals surface area contributed by atoms with Crippen LogP contribution in [0.1, 0.15) is 5.56 Å². The predicted molar refractivity (Wildman–Crippen MR) is 64.2 cm³/mol. The molecule has 4 N–H and O–H groups in total. The van der Waals surface area contributed by atoms with Gasteiger partial charge >= 0.3 is 5.97 Å². The molecule has 0 spiro atoms. The first-order valence-corrected chi connectivity index (χ1v) is 5.61. The summed E-state index contributed by atoms with van der Waals surface area (Å²) in [6, 6.07) is 7.18. The lowest BCUT2D eigenvalue weighted by Gasteiger charge is -2.13. The first kappa shape index (κ1) is 12.4. The summed E-state index contributed by atoms with van der Waals surface area (Å²) >= 11 is 0. The lowest BCUT2D eigenvalue weighted by atomic mass is 10.1. The van der Waals surface area contributed by atoms with Gasteiger partial charge in [0.25, 0.3) is 0 Å². The van der Waals surface area contributed by atoms with Crippen molar-refractivity contribution >= 4 is 17.6 Å². The number of aliphatic carboxylic acids is 1. The van der Waals surface area contributed by atoms with Crippen LogP contribution in [0.25, 0.3) is 0 Å². The van der Waals surface area contributed by atoms with Crippen molar-refractivity contribution < 1.29 is 19.8 Å². The Morgan fingerprint density at radius 1 is 1.44 bits per heavy atom. The van der Waals surface area contributed by atoms with Crippen LogP contribution in [0.15, 0.2) is 24.3 Å². The van der Waals surface area contributed by atoms with Gasteiger partial charge in [0.2, 0.25) is 5.91 Å². The number of aliphatic hydroxyl groups is 1. The number of carbonyl (C=O) groups is 2. The molecule has 2 atom stereocenters. The topological polar surface area (TPSA) is 98.7 Å². The molecule has 1 aliphatic heterocycles. The van der Waals surface area contributed by atoms with Crippen LogP contribution < -0.4 is 10.6 Å². The Morgan fingerprint density at radius 3 is 2.83 bits per heavy atom. The summed E-state index contributed by atoms with van der Waals surface area (Å²) in [5.41, 5.74) is 1.97. The van der Waals surface area contributed by atoms with E-state index >= 15 is 0 Å². The fourth-order valence-corrected chi connectivity index (χ4v) is 1.86. The molecule has 18 heavy (non-hydrogen) atoms. The molecular formula is C12H14N2O4. The smallest absolute Gasteiger partial charge is 0.334 e. The van der Waals surface area contributed by atoms with Crippen LogP contribution in [0.5, 0.6) is 0 Å². The maximum absolute atomic E-state index is 11.8. The minimum Gasteiger partial charge on any atom is -0.479 e. The highest BCUT2D eigenvalue weighted by Gasteiger charge is 2.26. The van der Waals surface area contributed by atoms with Gasteiger partial charge in [-0.1, -0.05) is 18.2 Å². The Balaban J connectivity index is 1.88. The molecule has 2 rings (SSSR count). The normalized spacial score (nSPS) is 18.6. The molecule has 6 heteroatoms. The van der Waals surface area contributed by atoms with Crippen LogP contribution in [0.4, 0.5) is 5.69 Å². The van der Waals surface area contributed by atoms with E-state index in [1.165, 1.54) is 0 Å². The molecule has 0 aliphatic carbocycles. The van der Waals surface area contributed by atoms with Crippen LogP contribution in [0, 0.1) is 0 Å². The third-order valence-corrected chi connectivity index (χ3v) is 2.84. The summed E-state index contributed by atoms with van der Waals surface area (Å²) in [6.45, 7) is -0.289. The Labute approximate surface area is 104 Å². The standard InChI is InChI=1S/C12H14N2O4/c15-10(12(17)18)6-13-11(16)9-5-7-3-1-2-4-8(7)14-9/h1-4,9-10,14-15H,5-6H2,(H,13,16)(H,17,18)/t9?,10-/m0/s1. The molecule has 1 aromatic carbocycles. The number of carboxylic acid groups (broad SMARTS) is 1. The lowest BCUT2D eigenvalue weighted by Crippen LogP contribution is -2.43. The summed E-state index contributed by atoms with van der Waals surface area (Å²) in [4.78, 5) is 22.2. The molecular weight excluding hydrogens is 236 g/mol. The molecule has 1 unspecified atom stereocenters. The predicted octanol–water partition coefficient (Wildman–Crippen LogP) is -0.415. The number of hydrogen-bond acceptors (Lipinski definition) is 4. The Morgan fingerprint density at radius 2 is 2.17 bits per heavy atom. The zero-order valence-corrected chi connectivity index (χ0v) is 9.59. The number of rotatable bonds is 4. The second kappa shape index (κ2) is 5.05. The average Bonchev–Trinajstić information content (AvgIpc) is 2.79. The van der Waals surface area contributed by atoms with Crippen LogP contribution in [0.2, 0.25) is 0 Å². The van der Waals surface area contributed by atoms with Crippen molar-refractivity contribution in [2.24, 2.45) is 0 Å². The van der Waals surface area contributed by atoms with E-state index in [4.69, 9.17) is 10.2 Å². The number of para-hydroxylation sites is 1. The third kappa shape index (κ3) is 2.60. The van der Waals surface area contributed by atoms with Gasteiger partial charge in [0.05, 0.1) is 6.54 Å². The molecule has 0 saturated carbocycles. The molecule has 96 valence electrons. The minimum absolute atomic E-state index is 0.289. The number of aliphatic hydroxyl groups excluding tert-OH is 1. The summed E-state index contributed by atoms with van der Waals surface area (Å²) < 4.78 is 0. The third-order valence-electron chi connectivity index (χ3n) is 2.84. The molecule has 0 bridgehead atoms. The van der Waals surface area contributed by atoms with Crippen molar-refractivity contribution in [1.82, 2.24) is 5.32 Å². The highest BCUT2D eigenvalue weighted by molar-refractivity contribution is 5.87. The van der Waals surface area contributed by atoms with E-state index in [1.807, 2.05) is 24.3 Å². The molecule has 1 aromatic rings. The van der Waals surface area contributed by atoms with Crippen molar-refractivity contribution in [1.29, 1.82) is 0 Å². The molecule has 6 nitrogen and oxygen atoms in total. The van der Waals surface area contributed by atoms with Crippen LogP contribution in [-0.4, -0.2) is 40.8 Å². The Bertz CT molecular complexity index is 450. The van der Waals surface area contributed by atoms with Crippen LogP contribution >= 0.6 is 0 Å². The fraction of sp³-hybridized carbons (Fsp3) is 0.333. The first-order chi connectivity index (χ1) is 8.58. The minimum atomic E-state index is -1.57. The largest absolute Gasteiger partial charge is 0.479 e. The molecule has 1 heterocycles. The second-order valence-corrected chi connectivity index (χ2v) is 4.16. The Kier molecular flexibility index (Phi) is 3.47. The van der Waals surface area contributed by atoms with Crippen molar-refractivity contribution in [3.8, 4) is 0 Å². The maximum Gasteiger partial charge on any atom is 0.334 e. The van der Waals surface area contributed by atoms with Crippen LogP contribution in [-0.2, 0) is 16.0 Å². The summed E-state index contributed by atoms with van der Waals surface area (Å²) in [5.74, 6) is -1.66. The van der Waals surface area contributed by atoms with E-state index in [1.54, 1.807) is 0 Å². The van der Waals surface area contributed by atoms with E-state index < -0.39 is 18.1 Å². The molecule has 1 aliphatic rings. The van der Waals surface area contributed by atoms with Gasteiger partial charge in [0, 0.05) is 12.1 Å². The number of benzene rings is 1. The van der Waals surface area contributed by atoms with Gasteiger partial charge < -0.3 is 20.8 Å². The maximum atomic E-state index is 11.8. The molecule has 0 aromatic heterocycles. The lowest BCUT2D eigenvalue weighted by molar-refractivity contribution is -0.146. The van der Waals surface area contributed by atoms with Gasteiger partial charge in [0.1, 0.15) is 6.04 Å². The van der Waals surface area contributed by atoms with Crippen LogP contribution in [0.3, 0.4) is 0 Å². The highest BCUT2D eigenvalue weighted by Crippen LogP contribution is 2.24. The average molecular weight is 250 g/mol. The summed E-state index contributed by atoms with van der Waals surface area (Å²) in [6.07, 6.45) is -1.01. The van der Waals surface area contributed by atoms with Gasteiger partial charge in [-0.15, -0.1) is 0 Å². The quantitative estimate of drug-likeness (QED) is 0.582. The molecule has 1 amide bonds. The first-order valence-electron chi connectivity index (χ1n) is 5.61. The monoisotopic (exact) mass is 250 g/mol. The van der Waals surface area contributed by atoms with Gasteiger partial charge in [-0.05, 0) is 11.6 Å². The van der Waals surface area contributed by atoms with Crippen molar-refractivity contribution in [3.05, 3.63) is 29.8 Å². The summed E-state index contributed by atoms with van der Waals surface area (Å²) in [5, 5.41) is 23.0. The van der Waals surface area contributed by atoms with Gasteiger partial charge in [-0.3, -0.25) is 4.79 Å².